The van der Waals surface area contributed by atoms with Gasteiger partial charge in [-0.3, -0.25) is 0 Å². The van der Waals surface area contributed by atoms with Crippen molar-refractivity contribution in [2.24, 2.45) is 0 Å². The molecule has 4 heteroatoms. The molecule has 1 heterocycles. The lowest BCUT2D eigenvalue weighted by molar-refractivity contribution is -0.0802. The van der Waals surface area contributed by atoms with Gasteiger partial charge in [0.15, 0.2) is 0 Å². The average molecular weight is 371 g/mol. The number of ether oxygens (including phenoxy) is 2. The molecule has 1 saturated heterocycles. The van der Waals surface area contributed by atoms with E-state index in [9.17, 15) is 5.11 Å². The van der Waals surface area contributed by atoms with E-state index in [0.29, 0.717) is 19.6 Å². The van der Waals surface area contributed by atoms with Gasteiger partial charge in [-0.1, -0.05) is 66.7 Å². The lowest BCUT2D eigenvalue weighted by atomic mass is 10.0. The Kier molecular flexibility index (Phi) is 7.32. The molecule has 0 bridgehead atoms. The van der Waals surface area contributed by atoms with Crippen molar-refractivity contribution < 1.29 is 14.6 Å². The van der Waals surface area contributed by atoms with Crippen LogP contribution in [0.3, 0.4) is 0 Å². The Morgan fingerprint density at radius 3 is 2.15 bits per heavy atom. The molecule has 0 saturated carbocycles. The maximum absolute atomic E-state index is 10.5. The summed E-state index contributed by atoms with van der Waals surface area (Å²) in [5, 5.41) is 10.5. The van der Waals surface area contributed by atoms with Crippen molar-refractivity contribution >= 4 is 11.8 Å². The largest absolute Gasteiger partial charge is 0.392 e. The number of thioether (sulfide) groups is 1. The molecule has 3 nitrogen and oxygen atoms in total. The molecule has 0 aliphatic carbocycles. The molecule has 1 aliphatic heterocycles. The van der Waals surface area contributed by atoms with Crippen molar-refractivity contribution in [3.05, 3.63) is 84.4 Å². The minimum absolute atomic E-state index is 0.00233. The second-order valence-corrected chi connectivity index (χ2v) is 7.70. The van der Waals surface area contributed by atoms with Gasteiger partial charge in [0.25, 0.3) is 0 Å². The Labute approximate surface area is 160 Å². The van der Waals surface area contributed by atoms with Crippen LogP contribution in [-0.4, -0.2) is 34.4 Å². The fraction of sp³-hybridized carbons (Fsp3) is 0.364. The Morgan fingerprint density at radius 2 is 1.58 bits per heavy atom. The molecular weight excluding hydrogens is 344 g/mol. The van der Waals surface area contributed by atoms with Crippen LogP contribution in [0.5, 0.6) is 0 Å². The van der Waals surface area contributed by atoms with Gasteiger partial charge in [0, 0.05) is 5.75 Å². The number of benzene rings is 2. The zero-order valence-electron chi connectivity index (χ0n) is 14.9. The summed E-state index contributed by atoms with van der Waals surface area (Å²) >= 11 is 1.73. The summed E-state index contributed by atoms with van der Waals surface area (Å²) in [6.45, 7) is 4.82. The molecule has 1 N–H and O–H groups in total. The topological polar surface area (TPSA) is 38.7 Å². The molecule has 0 unspecified atom stereocenters. The van der Waals surface area contributed by atoms with Crippen LogP contribution >= 0.6 is 11.8 Å². The molecule has 2 aromatic carbocycles. The van der Waals surface area contributed by atoms with E-state index in [1.165, 1.54) is 0 Å². The van der Waals surface area contributed by atoms with Crippen LogP contribution in [0.25, 0.3) is 0 Å². The second kappa shape index (κ2) is 9.93. The first-order valence-electron chi connectivity index (χ1n) is 8.99. The number of aliphatic hydroxyl groups is 1. The summed E-state index contributed by atoms with van der Waals surface area (Å²) in [7, 11) is 0. The first-order valence-corrected chi connectivity index (χ1v) is 10.0. The van der Waals surface area contributed by atoms with Gasteiger partial charge in [-0.15, -0.1) is 6.58 Å². The third-order valence-corrected chi connectivity index (χ3v) is 6.01. The highest BCUT2D eigenvalue weighted by Crippen LogP contribution is 2.35. The van der Waals surface area contributed by atoms with Crippen molar-refractivity contribution in [1.82, 2.24) is 0 Å². The van der Waals surface area contributed by atoms with Crippen molar-refractivity contribution in [1.29, 1.82) is 0 Å². The fourth-order valence-corrected chi connectivity index (χ4v) is 4.61. The van der Waals surface area contributed by atoms with Crippen LogP contribution in [0.2, 0.25) is 0 Å². The Balaban J connectivity index is 1.64. The third kappa shape index (κ3) is 5.21. The summed E-state index contributed by atoms with van der Waals surface area (Å²) in [6.07, 6.45) is 1.68. The van der Waals surface area contributed by atoms with Crippen LogP contribution in [0, 0.1) is 0 Å². The van der Waals surface area contributed by atoms with Gasteiger partial charge in [0.1, 0.15) is 0 Å². The number of rotatable bonds is 9. The van der Waals surface area contributed by atoms with Gasteiger partial charge in [-0.25, -0.2) is 0 Å². The summed E-state index contributed by atoms with van der Waals surface area (Å²) in [5.41, 5.74) is 2.28. The SMILES string of the molecule is C=CC[C@@H](O)[C@H]1SC[C@@H](OCc2ccccc2)[C@@H]1OCc1ccccc1. The van der Waals surface area contributed by atoms with Crippen molar-refractivity contribution in [2.75, 3.05) is 5.75 Å². The molecule has 138 valence electrons. The molecular formula is C22H26O3S. The van der Waals surface area contributed by atoms with Crippen LogP contribution < -0.4 is 0 Å². The third-order valence-electron chi connectivity index (χ3n) is 4.52. The minimum Gasteiger partial charge on any atom is -0.392 e. The average Bonchev–Trinajstić information content (AvgIpc) is 3.09. The summed E-state index contributed by atoms with van der Waals surface area (Å²) in [4.78, 5) is 0. The lowest BCUT2D eigenvalue weighted by Gasteiger charge is -2.27. The van der Waals surface area contributed by atoms with Crippen molar-refractivity contribution in [3.8, 4) is 0 Å². The summed E-state index contributed by atoms with van der Waals surface area (Å²) in [6, 6.07) is 20.3. The smallest absolute Gasteiger partial charge is 0.0992 e. The van der Waals surface area contributed by atoms with E-state index in [2.05, 4.69) is 30.8 Å². The van der Waals surface area contributed by atoms with Crippen LogP contribution in [-0.2, 0) is 22.7 Å². The molecule has 26 heavy (non-hydrogen) atoms. The molecule has 4 atom stereocenters. The Bertz CT molecular complexity index is 662. The van der Waals surface area contributed by atoms with Gasteiger partial charge in [-0.2, -0.15) is 11.8 Å². The Morgan fingerprint density at radius 1 is 1.00 bits per heavy atom. The first-order chi connectivity index (χ1) is 12.8. The zero-order valence-corrected chi connectivity index (χ0v) is 15.7. The molecule has 3 rings (SSSR count). The minimum atomic E-state index is -0.469. The van der Waals surface area contributed by atoms with E-state index >= 15 is 0 Å². The van der Waals surface area contributed by atoms with Crippen LogP contribution in [0.15, 0.2) is 73.3 Å². The Hall–Kier alpha value is -1.59. The van der Waals surface area contributed by atoms with Crippen molar-refractivity contribution in [2.45, 2.75) is 43.2 Å². The highest BCUT2D eigenvalue weighted by atomic mass is 32.2. The summed E-state index contributed by atoms with van der Waals surface area (Å²) < 4.78 is 12.4. The maximum atomic E-state index is 10.5. The molecule has 1 aliphatic rings. The predicted octanol–water partition coefficient (Wildman–Crippen LogP) is 4.21. The van der Waals surface area contributed by atoms with Crippen LogP contribution in [0.4, 0.5) is 0 Å². The van der Waals surface area contributed by atoms with E-state index < -0.39 is 6.10 Å². The maximum Gasteiger partial charge on any atom is 0.0992 e. The first kappa shape index (κ1) is 19.2. The van der Waals surface area contributed by atoms with Gasteiger partial charge in [-0.05, 0) is 17.5 Å². The van der Waals surface area contributed by atoms with E-state index in [1.54, 1.807) is 17.8 Å². The van der Waals surface area contributed by atoms with Crippen LogP contribution in [0.1, 0.15) is 17.5 Å². The lowest BCUT2D eigenvalue weighted by Crippen LogP contribution is -2.40. The van der Waals surface area contributed by atoms with E-state index in [-0.39, 0.29) is 17.5 Å². The van der Waals surface area contributed by atoms with Gasteiger partial charge >= 0.3 is 0 Å². The molecule has 0 amide bonds. The predicted molar refractivity (Wildman–Crippen MR) is 107 cm³/mol. The zero-order chi connectivity index (χ0) is 18.2. The fourth-order valence-electron chi connectivity index (χ4n) is 3.13. The number of hydrogen-bond donors (Lipinski definition) is 1. The molecule has 0 radical (unpaired) electrons. The van der Waals surface area contributed by atoms with E-state index in [0.717, 1.165) is 16.9 Å². The van der Waals surface area contributed by atoms with Gasteiger partial charge in [0.2, 0.25) is 0 Å². The second-order valence-electron chi connectivity index (χ2n) is 6.49. The van der Waals surface area contributed by atoms with E-state index in [1.807, 2.05) is 36.4 Å². The molecule has 0 aromatic heterocycles. The number of hydrogen-bond acceptors (Lipinski definition) is 4. The molecule has 1 fully saturated rings. The normalized spacial score (nSPS) is 23.7. The highest BCUT2D eigenvalue weighted by Gasteiger charge is 2.41. The van der Waals surface area contributed by atoms with Gasteiger partial charge < -0.3 is 14.6 Å². The van der Waals surface area contributed by atoms with E-state index in [4.69, 9.17) is 9.47 Å². The highest BCUT2D eigenvalue weighted by molar-refractivity contribution is 8.00. The number of aliphatic hydroxyl groups excluding tert-OH is 1. The van der Waals surface area contributed by atoms with Gasteiger partial charge in [0.05, 0.1) is 36.8 Å². The molecule has 2 aromatic rings. The van der Waals surface area contributed by atoms with Crippen molar-refractivity contribution in [3.63, 3.8) is 0 Å². The summed E-state index contributed by atoms with van der Waals surface area (Å²) in [5.74, 6) is 0.825. The quantitative estimate of drug-likeness (QED) is 0.671. The standard InChI is InChI=1S/C22H26O3S/c1-2-9-19(23)22-21(25-15-18-12-7-4-8-13-18)20(16-26-22)24-14-17-10-5-3-6-11-17/h2-8,10-13,19-23H,1,9,14-16H2/t19-,20-,21+,22-/m1/s1. The monoisotopic (exact) mass is 370 g/mol. The molecule has 0 spiro atoms.